The van der Waals surface area contributed by atoms with E-state index >= 15 is 0 Å². The molecule has 2 fully saturated rings. The smallest absolute Gasteiger partial charge is 0.0297 e. The summed E-state index contributed by atoms with van der Waals surface area (Å²) in [5, 5.41) is 0. The van der Waals surface area contributed by atoms with E-state index in [-0.39, 0.29) is 0 Å². The van der Waals surface area contributed by atoms with Crippen LogP contribution in [0.25, 0.3) is 0 Å². The summed E-state index contributed by atoms with van der Waals surface area (Å²) in [6.45, 7) is 3.86. The Hall–Kier alpha value is 0.350. The molecule has 2 heterocycles. The van der Waals surface area contributed by atoms with E-state index in [0.717, 1.165) is 12.0 Å². The van der Waals surface area contributed by atoms with Gasteiger partial charge in [0, 0.05) is 25.7 Å². The summed E-state index contributed by atoms with van der Waals surface area (Å²) in [6, 6.07) is 0.832. The molecule has 0 radical (unpaired) electrons. The highest BCUT2D eigenvalue weighted by Gasteiger charge is 2.35. The van der Waals surface area contributed by atoms with Gasteiger partial charge in [-0.2, -0.15) is 0 Å². The lowest BCUT2D eigenvalue weighted by atomic mass is 9.94. The molecule has 3 unspecified atom stereocenters. The standard InChI is InChI=1S/C8H17N2P/c1-9-5-7-3-2-4-10(11)8(7)6-9/h7-8H,2-6,11H2,1H3. The van der Waals surface area contributed by atoms with Crippen LogP contribution in [0.1, 0.15) is 12.8 Å². The minimum Gasteiger partial charge on any atom is -0.304 e. The van der Waals surface area contributed by atoms with Crippen molar-refractivity contribution in [2.24, 2.45) is 5.92 Å². The van der Waals surface area contributed by atoms with Crippen LogP contribution >= 0.6 is 9.39 Å². The van der Waals surface area contributed by atoms with Gasteiger partial charge in [-0.25, -0.2) is 0 Å². The summed E-state index contributed by atoms with van der Waals surface area (Å²) in [4.78, 5) is 2.46. The fourth-order valence-electron chi connectivity index (χ4n) is 2.43. The number of rotatable bonds is 0. The van der Waals surface area contributed by atoms with Crippen molar-refractivity contribution in [3.63, 3.8) is 0 Å². The first-order valence-electron chi connectivity index (χ1n) is 4.47. The van der Waals surface area contributed by atoms with Gasteiger partial charge in [0.05, 0.1) is 0 Å². The molecular formula is C8H17N2P. The second kappa shape index (κ2) is 3.01. The number of fused-ring (bicyclic) bond motifs is 1. The van der Waals surface area contributed by atoms with E-state index in [2.05, 4.69) is 26.0 Å². The second-order valence-electron chi connectivity index (χ2n) is 3.93. The molecular weight excluding hydrogens is 155 g/mol. The quantitative estimate of drug-likeness (QED) is 0.499. The monoisotopic (exact) mass is 172 g/mol. The van der Waals surface area contributed by atoms with E-state index in [9.17, 15) is 0 Å². The Kier molecular flexibility index (Phi) is 2.18. The van der Waals surface area contributed by atoms with Crippen LogP contribution in [0, 0.1) is 5.92 Å². The summed E-state index contributed by atoms with van der Waals surface area (Å²) < 4.78 is 2.46. The first-order chi connectivity index (χ1) is 5.27. The predicted molar refractivity (Wildman–Crippen MR) is 50.4 cm³/mol. The summed E-state index contributed by atoms with van der Waals surface area (Å²) in [5.41, 5.74) is 0. The maximum Gasteiger partial charge on any atom is 0.0297 e. The molecule has 0 aromatic heterocycles. The fraction of sp³-hybridized carbons (Fsp3) is 1.00. The number of piperidine rings is 1. The van der Waals surface area contributed by atoms with Crippen molar-refractivity contribution in [1.29, 1.82) is 0 Å². The number of nitrogens with zero attached hydrogens (tertiary/aromatic N) is 2. The van der Waals surface area contributed by atoms with Crippen molar-refractivity contribution < 1.29 is 0 Å². The van der Waals surface area contributed by atoms with Crippen molar-refractivity contribution >= 4 is 9.39 Å². The molecule has 0 saturated carbocycles. The van der Waals surface area contributed by atoms with Crippen LogP contribution in [0.4, 0.5) is 0 Å². The lowest BCUT2D eigenvalue weighted by Gasteiger charge is -2.33. The van der Waals surface area contributed by atoms with E-state index in [0.29, 0.717) is 0 Å². The van der Waals surface area contributed by atoms with E-state index < -0.39 is 0 Å². The maximum atomic E-state index is 2.88. The Bertz CT molecular complexity index is 151. The first kappa shape index (κ1) is 7.97. The van der Waals surface area contributed by atoms with E-state index in [1.54, 1.807) is 0 Å². The SMILES string of the molecule is CN1CC2CCCN(P)C2C1. The van der Waals surface area contributed by atoms with Gasteiger partial charge in [-0.15, -0.1) is 0 Å². The molecule has 0 aliphatic carbocycles. The Labute approximate surface area is 71.2 Å². The molecule has 0 amide bonds. The molecule has 2 nitrogen and oxygen atoms in total. The van der Waals surface area contributed by atoms with Crippen molar-refractivity contribution in [2.75, 3.05) is 26.7 Å². The third kappa shape index (κ3) is 1.44. The summed E-state index contributed by atoms with van der Waals surface area (Å²) >= 11 is 0. The molecule has 11 heavy (non-hydrogen) atoms. The average molecular weight is 172 g/mol. The minimum atomic E-state index is 0.832. The van der Waals surface area contributed by atoms with Crippen LogP contribution in [-0.4, -0.2) is 42.3 Å². The normalized spacial score (nSPS) is 40.9. The zero-order valence-corrected chi connectivity index (χ0v) is 8.32. The first-order valence-corrected chi connectivity index (χ1v) is 4.99. The van der Waals surface area contributed by atoms with Crippen LogP contribution in [0.15, 0.2) is 0 Å². The highest BCUT2D eigenvalue weighted by molar-refractivity contribution is 7.13. The molecule has 0 bridgehead atoms. The lowest BCUT2D eigenvalue weighted by Crippen LogP contribution is -2.38. The van der Waals surface area contributed by atoms with Crippen LogP contribution in [-0.2, 0) is 0 Å². The molecule has 0 spiro atoms. The van der Waals surface area contributed by atoms with Gasteiger partial charge in [-0.1, -0.05) is 9.39 Å². The van der Waals surface area contributed by atoms with Gasteiger partial charge in [0.15, 0.2) is 0 Å². The maximum absolute atomic E-state index is 2.88. The predicted octanol–water partition coefficient (Wildman–Crippen LogP) is 0.802. The van der Waals surface area contributed by atoms with Gasteiger partial charge in [0.25, 0.3) is 0 Å². The summed E-state index contributed by atoms with van der Waals surface area (Å²) in [5.74, 6) is 0.950. The van der Waals surface area contributed by atoms with Crippen LogP contribution in [0.3, 0.4) is 0 Å². The Morgan fingerprint density at radius 2 is 2.18 bits per heavy atom. The topological polar surface area (TPSA) is 6.48 Å². The fourth-order valence-corrected chi connectivity index (χ4v) is 2.95. The molecule has 2 aliphatic rings. The van der Waals surface area contributed by atoms with Gasteiger partial charge >= 0.3 is 0 Å². The Morgan fingerprint density at radius 1 is 1.36 bits per heavy atom. The van der Waals surface area contributed by atoms with Crippen LogP contribution in [0.2, 0.25) is 0 Å². The molecule has 3 heteroatoms. The van der Waals surface area contributed by atoms with Gasteiger partial charge in [0.2, 0.25) is 0 Å². The van der Waals surface area contributed by atoms with Gasteiger partial charge in [0.1, 0.15) is 0 Å². The van der Waals surface area contributed by atoms with Gasteiger partial charge < -0.3 is 4.90 Å². The zero-order valence-electron chi connectivity index (χ0n) is 7.16. The zero-order chi connectivity index (χ0) is 7.84. The number of likely N-dealkylation sites (N-methyl/N-ethyl adjacent to an activating group) is 1. The minimum absolute atomic E-state index is 0.832. The molecule has 0 aromatic rings. The van der Waals surface area contributed by atoms with Gasteiger partial charge in [-0.3, -0.25) is 4.67 Å². The molecule has 2 saturated heterocycles. The van der Waals surface area contributed by atoms with E-state index in [4.69, 9.17) is 0 Å². The summed E-state index contributed by atoms with van der Waals surface area (Å²) in [7, 11) is 5.11. The highest BCUT2D eigenvalue weighted by Crippen LogP contribution is 2.31. The molecule has 0 N–H and O–H groups in total. The van der Waals surface area contributed by atoms with E-state index in [1.165, 1.54) is 32.5 Å². The molecule has 64 valence electrons. The number of hydrogen-bond donors (Lipinski definition) is 0. The largest absolute Gasteiger partial charge is 0.304 e. The molecule has 2 rings (SSSR count). The molecule has 2 aliphatic heterocycles. The Balaban J connectivity index is 2.03. The van der Waals surface area contributed by atoms with Crippen molar-refractivity contribution in [3.05, 3.63) is 0 Å². The third-order valence-electron chi connectivity index (χ3n) is 3.01. The van der Waals surface area contributed by atoms with Crippen molar-refractivity contribution in [2.45, 2.75) is 18.9 Å². The molecule has 0 aromatic carbocycles. The molecule has 3 atom stereocenters. The highest BCUT2D eigenvalue weighted by atomic mass is 31.0. The Morgan fingerprint density at radius 3 is 2.91 bits per heavy atom. The average Bonchev–Trinajstić information content (AvgIpc) is 2.31. The van der Waals surface area contributed by atoms with Crippen molar-refractivity contribution in [1.82, 2.24) is 9.57 Å². The lowest BCUT2D eigenvalue weighted by molar-refractivity contribution is 0.233. The van der Waals surface area contributed by atoms with Crippen LogP contribution < -0.4 is 0 Å². The van der Waals surface area contributed by atoms with Gasteiger partial charge in [-0.05, 0) is 25.8 Å². The van der Waals surface area contributed by atoms with Crippen molar-refractivity contribution in [3.8, 4) is 0 Å². The third-order valence-corrected chi connectivity index (χ3v) is 3.65. The summed E-state index contributed by atoms with van der Waals surface area (Å²) in [6.07, 6.45) is 2.83. The van der Waals surface area contributed by atoms with E-state index in [1.807, 2.05) is 0 Å². The second-order valence-corrected chi connectivity index (χ2v) is 4.59. The number of hydrogen-bond acceptors (Lipinski definition) is 2. The van der Waals surface area contributed by atoms with Crippen LogP contribution in [0.5, 0.6) is 0 Å². The number of likely N-dealkylation sites (tertiary alicyclic amines) is 1.